The van der Waals surface area contributed by atoms with Gasteiger partial charge in [-0.15, -0.1) is 0 Å². The zero-order valence-corrected chi connectivity index (χ0v) is 11.6. The molecule has 1 fully saturated rings. The van der Waals surface area contributed by atoms with E-state index in [9.17, 15) is 9.59 Å². The van der Waals surface area contributed by atoms with Gasteiger partial charge < -0.3 is 15.7 Å². The summed E-state index contributed by atoms with van der Waals surface area (Å²) < 4.78 is 0. The van der Waals surface area contributed by atoms with Gasteiger partial charge in [0.2, 0.25) is 0 Å². The highest BCUT2D eigenvalue weighted by Crippen LogP contribution is 2.22. The van der Waals surface area contributed by atoms with Crippen LogP contribution in [0.2, 0.25) is 0 Å². The summed E-state index contributed by atoms with van der Waals surface area (Å²) in [6.07, 6.45) is 2.63. The minimum atomic E-state index is -0.787. The zero-order valence-electron chi connectivity index (χ0n) is 10.8. The normalized spacial score (nSPS) is 20.4. The van der Waals surface area contributed by atoms with Gasteiger partial charge in [0.15, 0.2) is 0 Å². The number of hydrogen-bond donors (Lipinski definition) is 3. The lowest BCUT2D eigenvalue weighted by molar-refractivity contribution is -0.137. The lowest BCUT2D eigenvalue weighted by Crippen LogP contribution is -2.42. The first kappa shape index (κ1) is 15.1. The number of rotatable bonds is 7. The number of carbonyl (C=O) groups excluding carboxylic acids is 1. The molecule has 0 aromatic rings. The molecule has 2 unspecified atom stereocenters. The third-order valence-corrected chi connectivity index (χ3v) is 4.21. The van der Waals surface area contributed by atoms with Crippen LogP contribution in [0.4, 0.5) is 4.79 Å². The minimum Gasteiger partial charge on any atom is -0.481 e. The van der Waals surface area contributed by atoms with Crippen LogP contribution >= 0.6 is 11.8 Å². The van der Waals surface area contributed by atoms with Crippen LogP contribution in [0.1, 0.15) is 32.6 Å². The van der Waals surface area contributed by atoms with E-state index in [4.69, 9.17) is 5.11 Å². The summed E-state index contributed by atoms with van der Waals surface area (Å²) in [6, 6.07) is -0.128. The standard InChI is InChI=1S/C12H22N2O3S/c1-9(3-2-4-11(15)16)14-12(17)13-7-10-5-6-18-8-10/h9-10H,2-8H2,1H3,(H,15,16)(H2,13,14,17). The highest BCUT2D eigenvalue weighted by molar-refractivity contribution is 7.99. The monoisotopic (exact) mass is 274 g/mol. The van der Waals surface area contributed by atoms with Crippen LogP contribution < -0.4 is 10.6 Å². The molecule has 5 nitrogen and oxygen atoms in total. The molecule has 3 N–H and O–H groups in total. The number of carboxylic acids is 1. The molecule has 0 spiro atoms. The van der Waals surface area contributed by atoms with E-state index in [1.54, 1.807) is 0 Å². The summed E-state index contributed by atoms with van der Waals surface area (Å²) in [5.41, 5.74) is 0. The van der Waals surface area contributed by atoms with Crippen molar-refractivity contribution < 1.29 is 14.7 Å². The van der Waals surface area contributed by atoms with E-state index in [0.29, 0.717) is 18.8 Å². The van der Waals surface area contributed by atoms with E-state index in [0.717, 1.165) is 12.3 Å². The van der Waals surface area contributed by atoms with Crippen molar-refractivity contribution in [1.29, 1.82) is 0 Å². The molecule has 1 aliphatic heterocycles. The minimum absolute atomic E-state index is 0.0160. The largest absolute Gasteiger partial charge is 0.481 e. The van der Waals surface area contributed by atoms with Crippen LogP contribution in [-0.2, 0) is 4.79 Å². The summed E-state index contributed by atoms with van der Waals surface area (Å²) in [6.45, 7) is 2.63. The molecule has 1 saturated heterocycles. The molecular formula is C12H22N2O3S. The Kier molecular flexibility index (Phi) is 6.93. The van der Waals surface area contributed by atoms with E-state index in [1.165, 1.54) is 12.2 Å². The van der Waals surface area contributed by atoms with Gasteiger partial charge in [-0.3, -0.25) is 4.79 Å². The molecule has 0 bridgehead atoms. The Bertz CT molecular complexity index is 280. The van der Waals surface area contributed by atoms with Crippen molar-refractivity contribution >= 4 is 23.8 Å². The molecule has 0 radical (unpaired) electrons. The number of aliphatic carboxylic acids is 1. The van der Waals surface area contributed by atoms with E-state index >= 15 is 0 Å². The molecule has 1 heterocycles. The quantitative estimate of drug-likeness (QED) is 0.660. The van der Waals surface area contributed by atoms with Crippen LogP contribution in [-0.4, -0.2) is 41.2 Å². The Morgan fingerprint density at radius 1 is 1.50 bits per heavy atom. The van der Waals surface area contributed by atoms with E-state index in [2.05, 4.69) is 10.6 Å². The predicted octanol–water partition coefficient (Wildman–Crippen LogP) is 1.68. The van der Waals surface area contributed by atoms with E-state index in [1.807, 2.05) is 18.7 Å². The first-order valence-corrected chi connectivity index (χ1v) is 7.57. The van der Waals surface area contributed by atoms with Crippen molar-refractivity contribution in [3.63, 3.8) is 0 Å². The van der Waals surface area contributed by atoms with Crippen molar-refractivity contribution in [2.45, 2.75) is 38.6 Å². The van der Waals surface area contributed by atoms with Gasteiger partial charge in [-0.05, 0) is 43.6 Å². The molecule has 0 aliphatic carbocycles. The molecule has 0 aromatic carbocycles. The number of hydrogen-bond acceptors (Lipinski definition) is 3. The van der Waals surface area contributed by atoms with Crippen LogP contribution in [0.5, 0.6) is 0 Å². The number of urea groups is 1. The fourth-order valence-corrected chi connectivity index (χ4v) is 3.17. The van der Waals surface area contributed by atoms with E-state index in [-0.39, 0.29) is 18.5 Å². The first-order chi connectivity index (χ1) is 8.58. The molecule has 1 rings (SSSR count). The van der Waals surface area contributed by atoms with Gasteiger partial charge in [0.25, 0.3) is 0 Å². The fraction of sp³-hybridized carbons (Fsp3) is 0.833. The van der Waals surface area contributed by atoms with Gasteiger partial charge in [0, 0.05) is 19.0 Å². The van der Waals surface area contributed by atoms with E-state index < -0.39 is 5.97 Å². The molecule has 104 valence electrons. The lowest BCUT2D eigenvalue weighted by atomic mass is 10.1. The maximum atomic E-state index is 11.6. The molecule has 2 amide bonds. The molecule has 0 saturated carbocycles. The summed E-state index contributed by atoms with van der Waals surface area (Å²) in [7, 11) is 0. The number of amides is 2. The SMILES string of the molecule is CC(CCCC(=O)O)NC(=O)NCC1CCSC1. The Morgan fingerprint density at radius 2 is 2.28 bits per heavy atom. The van der Waals surface area contributed by atoms with Crippen LogP contribution in [0, 0.1) is 5.92 Å². The van der Waals surface area contributed by atoms with Crippen molar-refractivity contribution in [2.24, 2.45) is 5.92 Å². The number of carboxylic acid groups (broad SMARTS) is 1. The maximum Gasteiger partial charge on any atom is 0.315 e. The van der Waals surface area contributed by atoms with Gasteiger partial charge in [-0.1, -0.05) is 0 Å². The van der Waals surface area contributed by atoms with Crippen LogP contribution in [0.25, 0.3) is 0 Å². The summed E-state index contributed by atoms with van der Waals surface area (Å²) >= 11 is 1.93. The van der Waals surface area contributed by atoms with Gasteiger partial charge in [0.1, 0.15) is 0 Å². The Labute approximate surface area is 112 Å². The number of carbonyl (C=O) groups is 2. The molecule has 18 heavy (non-hydrogen) atoms. The highest BCUT2D eigenvalue weighted by Gasteiger charge is 2.16. The third-order valence-electron chi connectivity index (χ3n) is 2.98. The topological polar surface area (TPSA) is 78.4 Å². The Hall–Kier alpha value is -0.910. The van der Waals surface area contributed by atoms with Crippen LogP contribution in [0.15, 0.2) is 0 Å². The summed E-state index contributed by atoms with van der Waals surface area (Å²) in [5, 5.41) is 14.2. The van der Waals surface area contributed by atoms with Gasteiger partial charge >= 0.3 is 12.0 Å². The Balaban J connectivity index is 2.05. The average Bonchev–Trinajstić information content (AvgIpc) is 2.78. The second-order valence-corrected chi connectivity index (χ2v) is 5.92. The fourth-order valence-electron chi connectivity index (χ4n) is 1.89. The maximum absolute atomic E-state index is 11.6. The Morgan fingerprint density at radius 3 is 2.89 bits per heavy atom. The molecule has 1 aliphatic rings. The van der Waals surface area contributed by atoms with Crippen LogP contribution in [0.3, 0.4) is 0 Å². The van der Waals surface area contributed by atoms with Crippen molar-refractivity contribution in [2.75, 3.05) is 18.1 Å². The number of thioether (sulfide) groups is 1. The average molecular weight is 274 g/mol. The first-order valence-electron chi connectivity index (χ1n) is 6.42. The molecule has 0 aromatic heterocycles. The molecule has 6 heteroatoms. The van der Waals surface area contributed by atoms with Crippen molar-refractivity contribution in [3.8, 4) is 0 Å². The summed E-state index contributed by atoms with van der Waals surface area (Å²) in [5.74, 6) is 2.14. The van der Waals surface area contributed by atoms with Gasteiger partial charge in [-0.25, -0.2) is 4.79 Å². The smallest absolute Gasteiger partial charge is 0.315 e. The lowest BCUT2D eigenvalue weighted by Gasteiger charge is -2.15. The highest BCUT2D eigenvalue weighted by atomic mass is 32.2. The second kappa shape index (κ2) is 8.24. The molecule has 2 atom stereocenters. The van der Waals surface area contributed by atoms with Gasteiger partial charge in [0.05, 0.1) is 0 Å². The third kappa shape index (κ3) is 6.74. The molecular weight excluding hydrogens is 252 g/mol. The van der Waals surface area contributed by atoms with Gasteiger partial charge in [-0.2, -0.15) is 11.8 Å². The zero-order chi connectivity index (χ0) is 13.4. The number of nitrogens with one attached hydrogen (secondary N) is 2. The van der Waals surface area contributed by atoms with Crippen molar-refractivity contribution in [1.82, 2.24) is 10.6 Å². The second-order valence-electron chi connectivity index (χ2n) is 4.77. The predicted molar refractivity (Wildman–Crippen MR) is 72.9 cm³/mol. The van der Waals surface area contributed by atoms with Crippen molar-refractivity contribution in [3.05, 3.63) is 0 Å². The summed E-state index contributed by atoms with van der Waals surface area (Å²) in [4.78, 5) is 21.9.